The Kier molecular flexibility index (Phi) is 3.86. The molecule has 100 valence electrons. The molecule has 2 rings (SSSR count). The summed E-state index contributed by atoms with van der Waals surface area (Å²) in [7, 11) is 0. The number of hydrogen-bond acceptors (Lipinski definition) is 4. The molecular formula is C12H20N4O2. The Balaban J connectivity index is 1.90. The van der Waals surface area contributed by atoms with E-state index in [0.29, 0.717) is 17.9 Å². The number of nitrogens with zero attached hydrogens (tertiary/aromatic N) is 1. The third-order valence-corrected chi connectivity index (χ3v) is 3.60. The number of H-pyrrole nitrogens is 1. The largest absolute Gasteiger partial charge is 0.395 e. The fourth-order valence-corrected chi connectivity index (χ4v) is 2.34. The van der Waals surface area contributed by atoms with Crippen molar-refractivity contribution in [3.63, 3.8) is 0 Å². The molecule has 2 atom stereocenters. The van der Waals surface area contributed by atoms with Crippen molar-refractivity contribution in [2.75, 3.05) is 12.3 Å². The summed E-state index contributed by atoms with van der Waals surface area (Å²) in [6, 6.07) is 0. The molecule has 1 saturated carbocycles. The Morgan fingerprint density at radius 1 is 1.56 bits per heavy atom. The molecule has 1 aromatic heterocycles. The number of nitrogens with one attached hydrogen (secondary N) is 2. The second-order valence-electron chi connectivity index (χ2n) is 4.93. The summed E-state index contributed by atoms with van der Waals surface area (Å²) in [5.74, 6) is -0.140. The molecule has 1 heterocycles. The van der Waals surface area contributed by atoms with Gasteiger partial charge in [-0.15, -0.1) is 0 Å². The molecule has 0 spiro atoms. The molecular weight excluding hydrogens is 232 g/mol. The van der Waals surface area contributed by atoms with Crippen molar-refractivity contribution in [1.82, 2.24) is 15.5 Å². The van der Waals surface area contributed by atoms with Crippen LogP contribution in [0.5, 0.6) is 0 Å². The maximum atomic E-state index is 11.9. The smallest absolute Gasteiger partial charge is 0.273 e. The third kappa shape index (κ3) is 2.64. The number of aliphatic hydroxyl groups excluding tert-OH is 1. The van der Waals surface area contributed by atoms with E-state index in [4.69, 9.17) is 5.73 Å². The molecule has 0 aromatic carbocycles. The minimum atomic E-state index is -0.308. The van der Waals surface area contributed by atoms with E-state index < -0.39 is 0 Å². The van der Waals surface area contributed by atoms with Crippen LogP contribution in [0, 0.1) is 12.8 Å². The van der Waals surface area contributed by atoms with Gasteiger partial charge in [-0.2, -0.15) is 5.10 Å². The summed E-state index contributed by atoms with van der Waals surface area (Å²) in [6.45, 7) is 2.25. The molecule has 6 nitrogen and oxygen atoms in total. The van der Waals surface area contributed by atoms with E-state index in [1.165, 1.54) is 0 Å². The molecule has 0 aliphatic heterocycles. The first-order valence-corrected chi connectivity index (χ1v) is 6.36. The van der Waals surface area contributed by atoms with Crippen LogP contribution in [0.25, 0.3) is 0 Å². The van der Waals surface area contributed by atoms with E-state index in [9.17, 15) is 9.90 Å². The van der Waals surface area contributed by atoms with Gasteiger partial charge in [0.15, 0.2) is 5.69 Å². The molecule has 1 aliphatic carbocycles. The number of amides is 1. The van der Waals surface area contributed by atoms with Gasteiger partial charge in [0.2, 0.25) is 0 Å². The van der Waals surface area contributed by atoms with Gasteiger partial charge in [-0.25, -0.2) is 0 Å². The highest BCUT2D eigenvalue weighted by Gasteiger charge is 2.24. The summed E-state index contributed by atoms with van der Waals surface area (Å²) in [5.41, 5.74) is 7.05. The zero-order chi connectivity index (χ0) is 13.1. The van der Waals surface area contributed by atoms with Crippen molar-refractivity contribution in [3.8, 4) is 0 Å². The minimum Gasteiger partial charge on any atom is -0.395 e. The van der Waals surface area contributed by atoms with Crippen molar-refractivity contribution in [3.05, 3.63) is 11.4 Å². The van der Waals surface area contributed by atoms with Gasteiger partial charge >= 0.3 is 0 Å². The molecule has 1 amide bonds. The summed E-state index contributed by atoms with van der Waals surface area (Å²) in [6.07, 6.45) is 3.65. The van der Waals surface area contributed by atoms with Crippen LogP contribution >= 0.6 is 0 Å². The Morgan fingerprint density at radius 2 is 2.28 bits per heavy atom. The number of anilines is 1. The van der Waals surface area contributed by atoms with Gasteiger partial charge in [-0.1, -0.05) is 12.8 Å². The molecule has 0 bridgehead atoms. The van der Waals surface area contributed by atoms with Gasteiger partial charge in [0.05, 0.1) is 17.5 Å². The molecule has 6 heteroatoms. The zero-order valence-corrected chi connectivity index (χ0v) is 10.6. The first-order chi connectivity index (χ1) is 8.59. The second kappa shape index (κ2) is 5.39. The Morgan fingerprint density at radius 3 is 2.89 bits per heavy atom. The fraction of sp³-hybridized carbons (Fsp3) is 0.667. The van der Waals surface area contributed by atoms with E-state index in [1.54, 1.807) is 6.92 Å². The van der Waals surface area contributed by atoms with Crippen molar-refractivity contribution >= 4 is 11.6 Å². The van der Waals surface area contributed by atoms with Gasteiger partial charge in [0.25, 0.3) is 5.91 Å². The van der Waals surface area contributed by atoms with E-state index in [1.807, 2.05) is 0 Å². The third-order valence-electron chi connectivity index (χ3n) is 3.60. The molecule has 0 saturated heterocycles. The number of nitrogen functional groups attached to an aromatic ring is 1. The molecule has 0 radical (unpaired) electrons. The number of carbonyl (C=O) groups excluding carboxylic acids is 1. The number of aromatic nitrogens is 2. The average Bonchev–Trinajstić information content (AvgIpc) is 2.69. The molecule has 1 aliphatic rings. The lowest BCUT2D eigenvalue weighted by atomic mass is 9.86. The van der Waals surface area contributed by atoms with Crippen LogP contribution in [0.3, 0.4) is 0 Å². The zero-order valence-electron chi connectivity index (χ0n) is 10.6. The molecule has 5 N–H and O–H groups in total. The molecule has 18 heavy (non-hydrogen) atoms. The summed E-state index contributed by atoms with van der Waals surface area (Å²) in [4.78, 5) is 11.9. The highest BCUT2D eigenvalue weighted by molar-refractivity contribution is 5.97. The molecule has 1 fully saturated rings. The first-order valence-electron chi connectivity index (χ1n) is 6.36. The van der Waals surface area contributed by atoms with Crippen LogP contribution in [0.4, 0.5) is 5.69 Å². The predicted molar refractivity (Wildman–Crippen MR) is 68.0 cm³/mol. The fourth-order valence-electron chi connectivity index (χ4n) is 2.34. The predicted octanol–water partition coefficient (Wildman–Crippen LogP) is 0.581. The lowest BCUT2D eigenvalue weighted by Crippen LogP contribution is -2.37. The average molecular weight is 252 g/mol. The van der Waals surface area contributed by atoms with Crippen molar-refractivity contribution in [2.45, 2.75) is 38.7 Å². The maximum absolute atomic E-state index is 11.9. The topological polar surface area (TPSA) is 104 Å². The number of aliphatic hydroxyl groups is 1. The second-order valence-corrected chi connectivity index (χ2v) is 4.93. The van der Waals surface area contributed by atoms with E-state index in [-0.39, 0.29) is 23.6 Å². The quantitative estimate of drug-likeness (QED) is 0.631. The van der Waals surface area contributed by atoms with E-state index in [2.05, 4.69) is 15.5 Å². The molecule has 1 aromatic rings. The summed E-state index contributed by atoms with van der Waals surface area (Å²) >= 11 is 0. The van der Waals surface area contributed by atoms with Crippen LogP contribution in [0.1, 0.15) is 41.9 Å². The highest BCUT2D eigenvalue weighted by atomic mass is 16.3. The van der Waals surface area contributed by atoms with Crippen molar-refractivity contribution in [2.24, 2.45) is 5.92 Å². The number of nitrogens with two attached hydrogens (primary N) is 1. The lowest BCUT2D eigenvalue weighted by Gasteiger charge is -2.27. The maximum Gasteiger partial charge on any atom is 0.273 e. The Labute approximate surface area is 106 Å². The van der Waals surface area contributed by atoms with Gasteiger partial charge in [-0.3, -0.25) is 9.89 Å². The van der Waals surface area contributed by atoms with Crippen LogP contribution in [0.15, 0.2) is 0 Å². The number of carbonyl (C=O) groups is 1. The standard InChI is InChI=1S/C12H20N4O2/c1-7-10(13)11(16-15-7)12(18)14-6-8-4-2-3-5-9(8)17/h8-9,17H,2-6,13H2,1H3,(H,14,18)(H,15,16). The Hall–Kier alpha value is -1.56. The van der Waals surface area contributed by atoms with Crippen LogP contribution in [-0.4, -0.2) is 33.9 Å². The van der Waals surface area contributed by atoms with Gasteiger partial charge in [-0.05, 0) is 19.8 Å². The van der Waals surface area contributed by atoms with Crippen molar-refractivity contribution in [1.29, 1.82) is 0 Å². The van der Waals surface area contributed by atoms with E-state index >= 15 is 0 Å². The van der Waals surface area contributed by atoms with Gasteiger partial charge in [0, 0.05) is 12.5 Å². The van der Waals surface area contributed by atoms with Gasteiger partial charge in [0.1, 0.15) is 0 Å². The summed E-state index contributed by atoms with van der Waals surface area (Å²) < 4.78 is 0. The first kappa shape index (κ1) is 12.9. The lowest BCUT2D eigenvalue weighted by molar-refractivity contribution is 0.0662. The van der Waals surface area contributed by atoms with E-state index in [0.717, 1.165) is 25.7 Å². The number of aryl methyl sites for hydroxylation is 1. The summed E-state index contributed by atoms with van der Waals surface area (Å²) in [5, 5.41) is 19.2. The SMILES string of the molecule is Cc1[nH]nc(C(=O)NCC2CCCCC2O)c1N. The highest BCUT2D eigenvalue weighted by Crippen LogP contribution is 2.23. The monoisotopic (exact) mass is 252 g/mol. The minimum absolute atomic E-state index is 0.143. The number of aromatic amines is 1. The molecule has 2 unspecified atom stereocenters. The number of rotatable bonds is 3. The number of hydrogen-bond donors (Lipinski definition) is 4. The Bertz CT molecular complexity index is 430. The van der Waals surface area contributed by atoms with Crippen LogP contribution < -0.4 is 11.1 Å². The van der Waals surface area contributed by atoms with Crippen LogP contribution in [-0.2, 0) is 0 Å². The van der Waals surface area contributed by atoms with Gasteiger partial charge < -0.3 is 16.2 Å². The normalized spacial score (nSPS) is 23.9. The van der Waals surface area contributed by atoms with Crippen molar-refractivity contribution < 1.29 is 9.90 Å². The van der Waals surface area contributed by atoms with Crippen LogP contribution in [0.2, 0.25) is 0 Å².